The highest BCUT2D eigenvalue weighted by atomic mass is 127. The molecular weight excluding hydrogens is 405 g/mol. The molecule has 1 aromatic carbocycles. The van der Waals surface area contributed by atoms with Crippen LogP contribution in [0.5, 0.6) is 5.75 Å². The zero-order chi connectivity index (χ0) is 15.2. The average Bonchev–Trinajstić information content (AvgIpc) is 2.29. The molecule has 0 heterocycles. The van der Waals surface area contributed by atoms with Gasteiger partial charge < -0.3 is 15.8 Å². The van der Waals surface area contributed by atoms with Crippen LogP contribution in [0.4, 0.5) is 5.69 Å². The van der Waals surface area contributed by atoms with E-state index >= 15 is 0 Å². The van der Waals surface area contributed by atoms with Crippen LogP contribution >= 0.6 is 24.0 Å². The molecule has 0 saturated heterocycles. The largest absolute Gasteiger partial charge is 0.491 e. The SMILES string of the molecule is CC(C)Oc1ccc(NC(N)=NCCS(C)(=O)=O)cc1.I. The number of anilines is 1. The smallest absolute Gasteiger partial charge is 0.193 e. The molecule has 0 atom stereocenters. The number of benzene rings is 1. The van der Waals surface area contributed by atoms with Gasteiger partial charge in [0.1, 0.15) is 15.6 Å². The number of aliphatic imine (C=N–C) groups is 1. The predicted octanol–water partition coefficient (Wildman–Crippen LogP) is 1.86. The van der Waals surface area contributed by atoms with Crippen molar-refractivity contribution in [3.63, 3.8) is 0 Å². The summed E-state index contributed by atoms with van der Waals surface area (Å²) in [5, 5.41) is 2.89. The van der Waals surface area contributed by atoms with Crippen molar-refractivity contribution in [3.8, 4) is 5.75 Å². The maximum absolute atomic E-state index is 11.0. The Balaban J connectivity index is 0.00000400. The Morgan fingerprint density at radius 3 is 2.38 bits per heavy atom. The van der Waals surface area contributed by atoms with Crippen LogP contribution in [-0.4, -0.2) is 39.0 Å². The Hall–Kier alpha value is -1.03. The Morgan fingerprint density at radius 1 is 1.33 bits per heavy atom. The number of nitrogens with one attached hydrogen (secondary N) is 1. The van der Waals surface area contributed by atoms with Crippen LogP contribution in [0.25, 0.3) is 0 Å². The number of hydrogen-bond donors (Lipinski definition) is 2. The van der Waals surface area contributed by atoms with Crippen molar-refractivity contribution < 1.29 is 13.2 Å². The molecule has 0 aromatic heterocycles. The molecule has 0 bridgehead atoms. The molecular formula is C13H22IN3O3S. The monoisotopic (exact) mass is 427 g/mol. The van der Waals surface area contributed by atoms with Crippen molar-refractivity contribution in [2.45, 2.75) is 20.0 Å². The fourth-order valence-corrected chi connectivity index (χ4v) is 1.83. The first-order valence-electron chi connectivity index (χ1n) is 6.27. The molecule has 21 heavy (non-hydrogen) atoms. The lowest BCUT2D eigenvalue weighted by Crippen LogP contribution is -2.23. The van der Waals surface area contributed by atoms with E-state index in [4.69, 9.17) is 10.5 Å². The van der Waals surface area contributed by atoms with Gasteiger partial charge in [0.05, 0.1) is 18.4 Å². The van der Waals surface area contributed by atoms with Crippen molar-refractivity contribution in [2.24, 2.45) is 10.7 Å². The van der Waals surface area contributed by atoms with Gasteiger partial charge in [-0.15, -0.1) is 24.0 Å². The molecule has 0 aliphatic heterocycles. The first kappa shape index (κ1) is 20.0. The van der Waals surface area contributed by atoms with Crippen LogP contribution in [0.3, 0.4) is 0 Å². The molecule has 0 aliphatic carbocycles. The van der Waals surface area contributed by atoms with E-state index in [2.05, 4.69) is 10.3 Å². The van der Waals surface area contributed by atoms with Crippen molar-refractivity contribution >= 4 is 45.5 Å². The Morgan fingerprint density at radius 2 is 1.90 bits per heavy atom. The number of hydrogen-bond acceptors (Lipinski definition) is 4. The second-order valence-corrected chi connectivity index (χ2v) is 6.97. The molecule has 120 valence electrons. The van der Waals surface area contributed by atoms with E-state index in [0.29, 0.717) is 0 Å². The fraction of sp³-hybridized carbons (Fsp3) is 0.462. The molecule has 0 saturated carbocycles. The highest BCUT2D eigenvalue weighted by molar-refractivity contribution is 14.0. The summed E-state index contributed by atoms with van der Waals surface area (Å²) in [4.78, 5) is 3.95. The van der Waals surface area contributed by atoms with Gasteiger partial charge >= 0.3 is 0 Å². The van der Waals surface area contributed by atoms with Crippen LogP contribution in [-0.2, 0) is 9.84 Å². The van der Waals surface area contributed by atoms with Gasteiger partial charge in [-0.1, -0.05) is 0 Å². The van der Waals surface area contributed by atoms with E-state index in [1.54, 1.807) is 0 Å². The lowest BCUT2D eigenvalue weighted by atomic mass is 10.3. The molecule has 0 fully saturated rings. The summed E-state index contributed by atoms with van der Waals surface area (Å²) < 4.78 is 27.4. The van der Waals surface area contributed by atoms with Gasteiger partial charge in [-0.3, -0.25) is 4.99 Å². The Labute approximate surface area is 143 Å². The van der Waals surface area contributed by atoms with E-state index < -0.39 is 9.84 Å². The Kier molecular flexibility index (Phi) is 8.64. The lowest BCUT2D eigenvalue weighted by Gasteiger charge is -2.10. The number of sulfone groups is 1. The van der Waals surface area contributed by atoms with Crippen LogP contribution < -0.4 is 15.8 Å². The van der Waals surface area contributed by atoms with E-state index in [1.165, 1.54) is 6.26 Å². The number of nitrogens with zero attached hydrogens (tertiary/aromatic N) is 1. The molecule has 0 spiro atoms. The predicted molar refractivity (Wildman–Crippen MR) is 97.4 cm³/mol. The molecule has 0 amide bonds. The van der Waals surface area contributed by atoms with E-state index in [1.807, 2.05) is 38.1 Å². The standard InChI is InChI=1S/C13H21N3O3S.HI/c1-10(2)19-12-6-4-11(5-7-12)16-13(14)15-8-9-20(3,17)18;/h4-7,10H,8-9H2,1-3H3,(H3,14,15,16);1H. The van der Waals surface area contributed by atoms with Gasteiger partial charge in [0, 0.05) is 11.9 Å². The number of nitrogens with two attached hydrogens (primary N) is 1. The molecule has 0 unspecified atom stereocenters. The summed E-state index contributed by atoms with van der Waals surface area (Å²) in [6.45, 7) is 4.06. The summed E-state index contributed by atoms with van der Waals surface area (Å²) >= 11 is 0. The minimum atomic E-state index is -3.02. The Bertz CT molecular complexity index is 557. The van der Waals surface area contributed by atoms with Crippen molar-refractivity contribution in [3.05, 3.63) is 24.3 Å². The maximum atomic E-state index is 11.0. The quantitative estimate of drug-likeness (QED) is 0.411. The first-order chi connectivity index (χ1) is 9.26. The first-order valence-corrected chi connectivity index (χ1v) is 8.34. The molecule has 6 nitrogen and oxygen atoms in total. The van der Waals surface area contributed by atoms with Crippen LogP contribution in [0.15, 0.2) is 29.3 Å². The van der Waals surface area contributed by atoms with Gasteiger partial charge in [-0.05, 0) is 38.1 Å². The topological polar surface area (TPSA) is 93.8 Å². The second-order valence-electron chi connectivity index (χ2n) is 4.71. The average molecular weight is 427 g/mol. The summed E-state index contributed by atoms with van der Waals surface area (Å²) in [5.74, 6) is 0.945. The summed E-state index contributed by atoms with van der Waals surface area (Å²) in [6, 6.07) is 7.28. The number of halogens is 1. The summed E-state index contributed by atoms with van der Waals surface area (Å²) in [6.07, 6.45) is 1.29. The molecule has 0 radical (unpaired) electrons. The third kappa shape index (κ3) is 9.51. The minimum absolute atomic E-state index is 0. The molecule has 0 aliphatic rings. The summed E-state index contributed by atoms with van der Waals surface area (Å²) in [7, 11) is -3.02. The number of guanidine groups is 1. The van der Waals surface area contributed by atoms with Crippen molar-refractivity contribution in [2.75, 3.05) is 23.9 Å². The third-order valence-electron chi connectivity index (χ3n) is 2.24. The van der Waals surface area contributed by atoms with Crippen LogP contribution in [0.1, 0.15) is 13.8 Å². The second kappa shape index (κ2) is 9.08. The fourth-order valence-electron chi connectivity index (χ4n) is 1.41. The van der Waals surface area contributed by atoms with Gasteiger partial charge in [-0.25, -0.2) is 8.42 Å². The minimum Gasteiger partial charge on any atom is -0.491 e. The van der Waals surface area contributed by atoms with Gasteiger partial charge in [0.15, 0.2) is 5.96 Å². The van der Waals surface area contributed by atoms with Crippen LogP contribution in [0, 0.1) is 0 Å². The van der Waals surface area contributed by atoms with Gasteiger partial charge in [0.2, 0.25) is 0 Å². The molecule has 1 rings (SSSR count). The number of ether oxygens (including phenoxy) is 1. The summed E-state index contributed by atoms with van der Waals surface area (Å²) in [5.41, 5.74) is 6.43. The van der Waals surface area contributed by atoms with Crippen molar-refractivity contribution in [1.29, 1.82) is 0 Å². The molecule has 8 heteroatoms. The van der Waals surface area contributed by atoms with E-state index in [0.717, 1.165) is 11.4 Å². The molecule has 3 N–H and O–H groups in total. The van der Waals surface area contributed by atoms with E-state index in [9.17, 15) is 8.42 Å². The van der Waals surface area contributed by atoms with Gasteiger partial charge in [-0.2, -0.15) is 0 Å². The highest BCUT2D eigenvalue weighted by Crippen LogP contribution is 2.16. The highest BCUT2D eigenvalue weighted by Gasteiger charge is 2.02. The number of rotatable bonds is 6. The zero-order valence-corrected chi connectivity index (χ0v) is 15.5. The maximum Gasteiger partial charge on any atom is 0.193 e. The molecule has 1 aromatic rings. The van der Waals surface area contributed by atoms with Crippen LogP contribution in [0.2, 0.25) is 0 Å². The lowest BCUT2D eigenvalue weighted by molar-refractivity contribution is 0.242. The normalized spacial score (nSPS) is 11.9. The zero-order valence-electron chi connectivity index (χ0n) is 12.4. The third-order valence-corrected chi connectivity index (χ3v) is 3.17. The van der Waals surface area contributed by atoms with Gasteiger partial charge in [0.25, 0.3) is 0 Å². The van der Waals surface area contributed by atoms with Crippen molar-refractivity contribution in [1.82, 2.24) is 0 Å². The van der Waals surface area contributed by atoms with E-state index in [-0.39, 0.29) is 48.3 Å².